The van der Waals surface area contributed by atoms with Crippen molar-refractivity contribution in [3.8, 4) is 0 Å². The van der Waals surface area contributed by atoms with Crippen molar-refractivity contribution >= 4 is 6.29 Å². The molecule has 1 aliphatic rings. The van der Waals surface area contributed by atoms with E-state index in [4.69, 9.17) is 0 Å². The van der Waals surface area contributed by atoms with Crippen LogP contribution in [0.5, 0.6) is 0 Å². The van der Waals surface area contributed by atoms with E-state index in [1.165, 1.54) is 37.7 Å². The van der Waals surface area contributed by atoms with Crippen molar-refractivity contribution in [3.63, 3.8) is 0 Å². The first-order valence-electron chi connectivity index (χ1n) is 5.31. The Labute approximate surface area is 81.2 Å². The van der Waals surface area contributed by atoms with Gasteiger partial charge in [0.15, 0.2) is 0 Å². The second-order valence-corrected chi connectivity index (χ2v) is 4.43. The highest BCUT2D eigenvalue weighted by Crippen LogP contribution is 2.42. The van der Waals surface area contributed by atoms with Crippen molar-refractivity contribution in [2.24, 2.45) is 5.41 Å². The van der Waals surface area contributed by atoms with Gasteiger partial charge in [-0.1, -0.05) is 38.3 Å². The number of hydrogen-bond acceptors (Lipinski definition) is 1. The molecule has 0 saturated heterocycles. The fraction of sp³-hybridized carbons (Fsp3) is 0.750. The Morgan fingerprint density at radius 2 is 2.00 bits per heavy atom. The van der Waals surface area contributed by atoms with Gasteiger partial charge >= 0.3 is 0 Å². The molecule has 0 radical (unpaired) electrons. The molecular formula is C12H20O. The largest absolute Gasteiger partial charge is 0.303 e. The first-order chi connectivity index (χ1) is 6.19. The van der Waals surface area contributed by atoms with Gasteiger partial charge in [-0.25, -0.2) is 0 Å². The molecule has 0 aliphatic heterocycles. The summed E-state index contributed by atoms with van der Waals surface area (Å²) in [5, 5.41) is 0. The molecule has 1 nitrogen and oxygen atoms in total. The highest BCUT2D eigenvalue weighted by molar-refractivity contribution is 5.50. The predicted octanol–water partition coefficient (Wildman–Crippen LogP) is 3.49. The first kappa shape index (κ1) is 10.5. The van der Waals surface area contributed by atoms with Gasteiger partial charge in [0.2, 0.25) is 0 Å². The van der Waals surface area contributed by atoms with Crippen molar-refractivity contribution in [3.05, 3.63) is 12.2 Å². The van der Waals surface area contributed by atoms with E-state index in [1.54, 1.807) is 0 Å². The van der Waals surface area contributed by atoms with Crippen molar-refractivity contribution in [2.75, 3.05) is 0 Å². The number of carbonyl (C=O) groups excluding carboxylic acids is 1. The maximum atomic E-state index is 10.3. The van der Waals surface area contributed by atoms with Crippen molar-refractivity contribution in [1.29, 1.82) is 0 Å². The monoisotopic (exact) mass is 180 g/mol. The molecule has 13 heavy (non-hydrogen) atoms. The lowest BCUT2D eigenvalue weighted by Crippen LogP contribution is -2.22. The summed E-state index contributed by atoms with van der Waals surface area (Å²) in [4.78, 5) is 10.3. The Kier molecular flexibility index (Phi) is 3.71. The molecule has 0 aromatic rings. The van der Waals surface area contributed by atoms with Crippen LogP contribution in [0.1, 0.15) is 51.9 Å². The van der Waals surface area contributed by atoms with E-state index in [9.17, 15) is 4.79 Å². The quantitative estimate of drug-likeness (QED) is 0.478. The molecule has 1 aliphatic carbocycles. The number of carbonyl (C=O) groups is 1. The third kappa shape index (κ3) is 2.68. The molecule has 1 rings (SSSR count). The zero-order valence-electron chi connectivity index (χ0n) is 8.64. The molecular weight excluding hydrogens is 160 g/mol. The molecule has 1 saturated carbocycles. The molecule has 0 N–H and O–H groups in total. The van der Waals surface area contributed by atoms with Crippen LogP contribution in [0.15, 0.2) is 12.2 Å². The Bertz CT molecular complexity index is 187. The van der Waals surface area contributed by atoms with E-state index < -0.39 is 0 Å². The minimum absolute atomic E-state index is 0.335. The van der Waals surface area contributed by atoms with Crippen LogP contribution in [-0.2, 0) is 4.79 Å². The third-order valence-electron chi connectivity index (χ3n) is 3.37. The van der Waals surface area contributed by atoms with Gasteiger partial charge in [-0.2, -0.15) is 0 Å². The number of allylic oxidation sites excluding steroid dienone is 1. The number of aldehydes is 1. The van der Waals surface area contributed by atoms with E-state index in [2.05, 4.69) is 13.5 Å². The van der Waals surface area contributed by atoms with Crippen LogP contribution in [0.4, 0.5) is 0 Å². The molecule has 0 spiro atoms. The molecule has 74 valence electrons. The summed E-state index contributed by atoms with van der Waals surface area (Å²) in [5.41, 5.74) is 1.63. The van der Waals surface area contributed by atoms with Crippen molar-refractivity contribution in [1.82, 2.24) is 0 Å². The minimum atomic E-state index is 0.335. The van der Waals surface area contributed by atoms with Gasteiger partial charge in [0.05, 0.1) is 0 Å². The lowest BCUT2D eigenvalue weighted by molar-refractivity contribution is -0.107. The summed E-state index contributed by atoms with van der Waals surface area (Å²) in [7, 11) is 0. The van der Waals surface area contributed by atoms with E-state index in [-0.39, 0.29) is 0 Å². The average molecular weight is 180 g/mol. The maximum absolute atomic E-state index is 10.3. The molecule has 0 atom stereocenters. The Hall–Kier alpha value is -0.590. The molecule has 0 aromatic heterocycles. The summed E-state index contributed by atoms with van der Waals surface area (Å²) in [5.74, 6) is 0. The Morgan fingerprint density at radius 3 is 2.54 bits per heavy atom. The summed E-state index contributed by atoms with van der Waals surface area (Å²) in [6.07, 6.45) is 9.10. The second kappa shape index (κ2) is 4.59. The smallest absolute Gasteiger partial charge is 0.120 e. The zero-order chi connectivity index (χ0) is 9.73. The van der Waals surface area contributed by atoms with Crippen LogP contribution in [0.3, 0.4) is 0 Å². The van der Waals surface area contributed by atoms with Gasteiger partial charge in [-0.3, -0.25) is 0 Å². The third-order valence-corrected chi connectivity index (χ3v) is 3.37. The van der Waals surface area contributed by atoms with Gasteiger partial charge in [0, 0.05) is 6.42 Å². The first-order valence-corrected chi connectivity index (χ1v) is 5.31. The Morgan fingerprint density at radius 1 is 1.38 bits per heavy atom. The average Bonchev–Trinajstić information content (AvgIpc) is 2.15. The number of hydrogen-bond donors (Lipinski definition) is 0. The van der Waals surface area contributed by atoms with Crippen LogP contribution in [0.25, 0.3) is 0 Å². The minimum Gasteiger partial charge on any atom is -0.303 e. The van der Waals surface area contributed by atoms with Gasteiger partial charge in [0.1, 0.15) is 6.29 Å². The van der Waals surface area contributed by atoms with Gasteiger partial charge in [0.25, 0.3) is 0 Å². The summed E-state index contributed by atoms with van der Waals surface area (Å²) in [6.45, 7) is 6.43. The van der Waals surface area contributed by atoms with Crippen LogP contribution >= 0.6 is 0 Å². The van der Waals surface area contributed by atoms with E-state index in [1.807, 2.05) is 0 Å². The van der Waals surface area contributed by atoms with Crippen LogP contribution in [0, 0.1) is 5.41 Å². The fourth-order valence-corrected chi connectivity index (χ4v) is 2.22. The molecule has 0 heterocycles. The number of rotatable bonds is 4. The van der Waals surface area contributed by atoms with Gasteiger partial charge in [-0.05, 0) is 24.7 Å². The van der Waals surface area contributed by atoms with Crippen LogP contribution in [0.2, 0.25) is 0 Å². The van der Waals surface area contributed by atoms with E-state index in [0.717, 1.165) is 12.7 Å². The fourth-order valence-electron chi connectivity index (χ4n) is 2.22. The van der Waals surface area contributed by atoms with Crippen LogP contribution in [-0.4, -0.2) is 6.29 Å². The van der Waals surface area contributed by atoms with Gasteiger partial charge < -0.3 is 4.79 Å². The summed E-state index contributed by atoms with van der Waals surface area (Å²) >= 11 is 0. The van der Waals surface area contributed by atoms with Crippen molar-refractivity contribution < 1.29 is 4.79 Å². The topological polar surface area (TPSA) is 17.1 Å². The van der Waals surface area contributed by atoms with Gasteiger partial charge in [-0.15, -0.1) is 0 Å². The predicted molar refractivity (Wildman–Crippen MR) is 55.6 cm³/mol. The molecule has 0 unspecified atom stereocenters. The maximum Gasteiger partial charge on any atom is 0.120 e. The van der Waals surface area contributed by atoms with E-state index >= 15 is 0 Å². The zero-order valence-corrected chi connectivity index (χ0v) is 8.64. The standard InChI is InChI=1S/C12H20O/c1-11(7-6-10-13)12(2)8-4-3-5-9-12/h10H,1,3-9H2,2H3. The van der Waals surface area contributed by atoms with Crippen molar-refractivity contribution in [2.45, 2.75) is 51.9 Å². The molecule has 1 fully saturated rings. The molecule has 0 bridgehead atoms. The second-order valence-electron chi connectivity index (χ2n) is 4.43. The van der Waals surface area contributed by atoms with E-state index in [0.29, 0.717) is 11.8 Å². The summed E-state index contributed by atoms with van der Waals surface area (Å²) in [6, 6.07) is 0. The normalized spacial score (nSPS) is 21.0. The lowest BCUT2D eigenvalue weighted by atomic mass is 9.70. The Balaban J connectivity index is 2.46. The molecule has 0 aromatic carbocycles. The summed E-state index contributed by atoms with van der Waals surface area (Å²) < 4.78 is 0. The molecule has 0 amide bonds. The molecule has 1 heteroatoms. The highest BCUT2D eigenvalue weighted by atomic mass is 16.1. The lowest BCUT2D eigenvalue weighted by Gasteiger charge is -2.35. The SMILES string of the molecule is C=C(CCC=O)C1(C)CCCCC1. The highest BCUT2D eigenvalue weighted by Gasteiger charge is 2.28. The van der Waals surface area contributed by atoms with Crippen LogP contribution < -0.4 is 0 Å².